The summed E-state index contributed by atoms with van der Waals surface area (Å²) in [5.74, 6) is 0. The van der Waals surface area contributed by atoms with Crippen molar-refractivity contribution < 1.29 is 0 Å². The lowest BCUT2D eigenvalue weighted by Gasteiger charge is -2.10. The number of para-hydroxylation sites is 2. The summed E-state index contributed by atoms with van der Waals surface area (Å²) in [6.45, 7) is 6.46. The maximum absolute atomic E-state index is 4.47. The van der Waals surface area contributed by atoms with E-state index >= 15 is 0 Å². The molecule has 8 aromatic rings. The molecule has 204 valence electrons. The highest BCUT2D eigenvalue weighted by Gasteiger charge is 2.20. The van der Waals surface area contributed by atoms with Crippen molar-refractivity contribution in [3.05, 3.63) is 158 Å². The Kier molecular flexibility index (Phi) is 5.83. The molecule has 3 aromatic heterocycles. The van der Waals surface area contributed by atoms with E-state index in [2.05, 4.69) is 155 Å². The first-order valence-electron chi connectivity index (χ1n) is 14.6. The molecule has 0 spiro atoms. The highest BCUT2D eigenvalue weighted by Crippen LogP contribution is 2.41. The van der Waals surface area contributed by atoms with Gasteiger partial charge in [-0.2, -0.15) is 0 Å². The van der Waals surface area contributed by atoms with Gasteiger partial charge in [0.15, 0.2) is 0 Å². The van der Waals surface area contributed by atoms with Crippen molar-refractivity contribution in [2.75, 3.05) is 0 Å². The van der Waals surface area contributed by atoms with Crippen LogP contribution in [0.2, 0.25) is 0 Å². The van der Waals surface area contributed by atoms with Gasteiger partial charge in [0, 0.05) is 39.3 Å². The minimum absolute atomic E-state index is 1.10. The molecule has 0 unspecified atom stereocenters. The van der Waals surface area contributed by atoms with Crippen molar-refractivity contribution in [2.24, 2.45) is 0 Å². The van der Waals surface area contributed by atoms with Crippen LogP contribution in [0, 0.1) is 6.92 Å². The molecule has 3 nitrogen and oxygen atoms in total. The second-order valence-corrected chi connectivity index (χ2v) is 11.0. The van der Waals surface area contributed by atoms with E-state index in [0.29, 0.717) is 0 Å². The molecular weight excluding hydrogens is 522 g/mol. The van der Waals surface area contributed by atoms with Gasteiger partial charge in [0.05, 0.1) is 28.4 Å². The van der Waals surface area contributed by atoms with Gasteiger partial charge < -0.3 is 9.13 Å². The van der Waals surface area contributed by atoms with Gasteiger partial charge in [0.2, 0.25) is 0 Å². The molecule has 0 saturated carbocycles. The van der Waals surface area contributed by atoms with Crippen LogP contribution in [0.25, 0.3) is 72.4 Å². The zero-order valence-corrected chi connectivity index (χ0v) is 23.9. The highest BCUT2D eigenvalue weighted by atomic mass is 15.0. The summed E-state index contributed by atoms with van der Waals surface area (Å²) in [5.41, 5.74) is 12.8. The molecule has 43 heavy (non-hydrogen) atoms. The van der Waals surface area contributed by atoms with E-state index in [1.165, 1.54) is 49.5 Å². The molecule has 0 N–H and O–H groups in total. The Morgan fingerprint density at radius 1 is 0.581 bits per heavy atom. The molecule has 3 heteroatoms. The van der Waals surface area contributed by atoms with E-state index in [-0.39, 0.29) is 0 Å². The number of pyridine rings is 1. The first-order valence-corrected chi connectivity index (χ1v) is 14.6. The fourth-order valence-corrected chi connectivity index (χ4v) is 6.58. The van der Waals surface area contributed by atoms with Crippen LogP contribution in [0.3, 0.4) is 0 Å². The van der Waals surface area contributed by atoms with Gasteiger partial charge in [-0.15, -0.1) is 0 Å². The quantitative estimate of drug-likeness (QED) is 0.209. The van der Waals surface area contributed by atoms with E-state index in [0.717, 1.165) is 28.1 Å². The maximum atomic E-state index is 4.47. The summed E-state index contributed by atoms with van der Waals surface area (Å²) in [7, 11) is 0. The van der Waals surface area contributed by atoms with Gasteiger partial charge >= 0.3 is 0 Å². The van der Waals surface area contributed by atoms with E-state index in [1.54, 1.807) is 0 Å². The third-order valence-electron chi connectivity index (χ3n) is 8.54. The molecule has 0 amide bonds. The topological polar surface area (TPSA) is 22.8 Å². The Bertz CT molecular complexity index is 2300. The number of hydrogen-bond acceptors (Lipinski definition) is 1. The maximum Gasteiger partial charge on any atom is 0.0724 e. The van der Waals surface area contributed by atoms with Crippen molar-refractivity contribution in [3.8, 4) is 33.6 Å². The molecule has 0 saturated heterocycles. The predicted molar refractivity (Wildman–Crippen MR) is 181 cm³/mol. The smallest absolute Gasteiger partial charge is 0.0724 e. The lowest BCUT2D eigenvalue weighted by Crippen LogP contribution is -1.96. The molecular formula is C40H29N3. The van der Waals surface area contributed by atoms with E-state index in [1.807, 2.05) is 18.5 Å². The van der Waals surface area contributed by atoms with Crippen molar-refractivity contribution in [1.82, 2.24) is 14.1 Å². The Balaban J connectivity index is 1.41. The van der Waals surface area contributed by atoms with Crippen LogP contribution in [0.1, 0.15) is 11.3 Å². The molecule has 5 aromatic carbocycles. The summed E-state index contributed by atoms with van der Waals surface area (Å²) >= 11 is 0. The molecule has 8 rings (SSSR count). The van der Waals surface area contributed by atoms with Crippen LogP contribution < -0.4 is 0 Å². The lowest BCUT2D eigenvalue weighted by molar-refractivity contribution is 1.11. The van der Waals surface area contributed by atoms with Crippen LogP contribution in [-0.4, -0.2) is 14.1 Å². The van der Waals surface area contributed by atoms with Crippen molar-refractivity contribution in [2.45, 2.75) is 6.92 Å². The number of fused-ring (bicyclic) bond motifs is 4. The Morgan fingerprint density at radius 3 is 1.98 bits per heavy atom. The molecule has 0 aliphatic carbocycles. The third-order valence-corrected chi connectivity index (χ3v) is 8.54. The summed E-state index contributed by atoms with van der Waals surface area (Å²) in [6.07, 6.45) is 5.83. The molecule has 3 heterocycles. The van der Waals surface area contributed by atoms with Gasteiger partial charge in [0.25, 0.3) is 0 Å². The monoisotopic (exact) mass is 551 g/mol. The van der Waals surface area contributed by atoms with E-state index in [4.69, 9.17) is 0 Å². The molecule has 0 aliphatic rings. The van der Waals surface area contributed by atoms with Gasteiger partial charge in [-0.3, -0.25) is 4.98 Å². The number of aryl methyl sites for hydroxylation is 1. The fourth-order valence-electron chi connectivity index (χ4n) is 6.58. The zero-order valence-electron chi connectivity index (χ0n) is 23.9. The standard InChI is InChI=1S/C40H29N3/c1-3-36-40(32-17-11-10-12-27(32)2)35-24-28(19-21-37(35)42(36)30-13-6-4-7-14-30)29-18-20-33-34-22-23-41-26-39(34)43(38(33)25-29)31-15-8-5-9-16-31/h3-26H,1H2,2H3. The molecule has 0 aliphatic heterocycles. The minimum Gasteiger partial charge on any atom is -0.309 e. The second-order valence-electron chi connectivity index (χ2n) is 11.0. The highest BCUT2D eigenvalue weighted by molar-refractivity contribution is 6.10. The van der Waals surface area contributed by atoms with Gasteiger partial charge in [-0.1, -0.05) is 85.4 Å². The predicted octanol–water partition coefficient (Wildman–Crippen LogP) is 10.4. The number of rotatable bonds is 5. The average molecular weight is 552 g/mol. The number of nitrogens with zero attached hydrogens (tertiary/aromatic N) is 3. The minimum atomic E-state index is 1.10. The number of aromatic nitrogens is 3. The lowest BCUT2D eigenvalue weighted by atomic mass is 9.95. The Hall–Kier alpha value is -5.67. The Labute approximate surface area is 250 Å². The van der Waals surface area contributed by atoms with Crippen molar-refractivity contribution in [3.63, 3.8) is 0 Å². The van der Waals surface area contributed by atoms with Crippen LogP contribution >= 0.6 is 0 Å². The van der Waals surface area contributed by atoms with Gasteiger partial charge in [0.1, 0.15) is 0 Å². The van der Waals surface area contributed by atoms with Crippen LogP contribution in [0.4, 0.5) is 0 Å². The molecule has 0 atom stereocenters. The van der Waals surface area contributed by atoms with Gasteiger partial charge in [-0.05, 0) is 83.8 Å². The van der Waals surface area contributed by atoms with E-state index < -0.39 is 0 Å². The SMILES string of the molecule is C=Cc1c(-c2ccccc2C)c2cc(-c3ccc4c5ccncc5n(-c5ccccc5)c4c3)ccc2n1-c1ccccc1. The summed E-state index contributed by atoms with van der Waals surface area (Å²) in [6, 6.07) is 45.5. The first-order chi connectivity index (χ1) is 21.2. The second kappa shape index (κ2) is 10.0. The van der Waals surface area contributed by atoms with Crippen LogP contribution in [0.15, 0.2) is 146 Å². The van der Waals surface area contributed by atoms with Crippen LogP contribution in [-0.2, 0) is 0 Å². The fraction of sp³-hybridized carbons (Fsp3) is 0.0250. The zero-order chi connectivity index (χ0) is 28.9. The summed E-state index contributed by atoms with van der Waals surface area (Å²) < 4.78 is 4.65. The normalized spacial score (nSPS) is 11.5. The van der Waals surface area contributed by atoms with Crippen molar-refractivity contribution >= 4 is 38.8 Å². The van der Waals surface area contributed by atoms with E-state index in [9.17, 15) is 0 Å². The largest absolute Gasteiger partial charge is 0.309 e. The molecule has 0 radical (unpaired) electrons. The number of hydrogen-bond donors (Lipinski definition) is 0. The van der Waals surface area contributed by atoms with Crippen LogP contribution in [0.5, 0.6) is 0 Å². The summed E-state index contributed by atoms with van der Waals surface area (Å²) in [5, 5.41) is 3.63. The van der Waals surface area contributed by atoms with Crippen molar-refractivity contribution in [1.29, 1.82) is 0 Å². The van der Waals surface area contributed by atoms with Gasteiger partial charge in [-0.25, -0.2) is 0 Å². The summed E-state index contributed by atoms with van der Waals surface area (Å²) in [4.78, 5) is 4.47. The molecule has 0 bridgehead atoms. The Morgan fingerprint density at radius 2 is 1.23 bits per heavy atom. The molecule has 0 fully saturated rings. The number of benzene rings is 5. The average Bonchev–Trinajstić information content (AvgIpc) is 3.57. The third kappa shape index (κ3) is 3.93. The first kappa shape index (κ1) is 25.1.